The molecule has 2 aromatic rings. The summed E-state index contributed by atoms with van der Waals surface area (Å²) in [6.07, 6.45) is 0.860. The van der Waals surface area contributed by atoms with Crippen molar-refractivity contribution in [2.75, 3.05) is 17.6 Å². The van der Waals surface area contributed by atoms with Crippen LogP contribution in [0.2, 0.25) is 0 Å². The first-order valence-electron chi connectivity index (χ1n) is 10.2. The van der Waals surface area contributed by atoms with Crippen molar-refractivity contribution in [3.05, 3.63) is 47.4 Å². The predicted octanol–water partition coefficient (Wildman–Crippen LogP) is 1.75. The van der Waals surface area contributed by atoms with Crippen molar-refractivity contribution in [3.8, 4) is 11.3 Å². The second-order valence-corrected chi connectivity index (χ2v) is 9.99. The number of anilines is 1. The van der Waals surface area contributed by atoms with E-state index in [0.29, 0.717) is 22.5 Å². The van der Waals surface area contributed by atoms with E-state index in [4.69, 9.17) is 5.11 Å². The van der Waals surface area contributed by atoms with Gasteiger partial charge in [0, 0.05) is 24.6 Å². The van der Waals surface area contributed by atoms with Crippen molar-refractivity contribution in [2.24, 2.45) is 0 Å². The van der Waals surface area contributed by atoms with Gasteiger partial charge >= 0.3 is 57.4 Å². The molecule has 0 amide bonds. The number of aromatic nitrogens is 2. The van der Waals surface area contributed by atoms with E-state index >= 15 is 0 Å². The monoisotopic (exact) mass is 521 g/mol. The minimum absolute atomic E-state index is 0. The number of benzene rings is 1. The van der Waals surface area contributed by atoms with Gasteiger partial charge in [0.25, 0.3) is 0 Å². The molecule has 3 N–H and O–H groups in total. The van der Waals surface area contributed by atoms with Crippen LogP contribution in [0.5, 0.6) is 0 Å². The van der Waals surface area contributed by atoms with Crippen molar-refractivity contribution in [3.63, 3.8) is 0 Å². The molecule has 2 rings (SSSR count). The molecule has 2 unspecified atom stereocenters. The Morgan fingerprint density at radius 3 is 2.26 bits per heavy atom. The Bertz CT molecular complexity index is 1130. The van der Waals surface area contributed by atoms with Gasteiger partial charge in [-0.15, -0.1) is 0 Å². The van der Waals surface area contributed by atoms with Gasteiger partial charge in [-0.3, -0.25) is 4.79 Å². The third kappa shape index (κ3) is 8.75. The number of aliphatic hydroxyl groups excluding tert-OH is 2. The molecule has 0 spiro atoms. The van der Waals surface area contributed by atoms with E-state index in [-0.39, 0.29) is 69.7 Å². The Hall–Kier alpha value is -1.25. The van der Waals surface area contributed by atoms with Gasteiger partial charge in [0.05, 0.1) is 36.3 Å². The van der Waals surface area contributed by atoms with Crippen molar-refractivity contribution in [1.82, 2.24) is 9.97 Å². The van der Waals surface area contributed by atoms with Crippen LogP contribution in [0.25, 0.3) is 17.3 Å². The number of sulfonamides is 1. The molecule has 2 atom stereocenters. The molecular weight excluding hydrogens is 492 g/mol. The zero-order chi connectivity index (χ0) is 24.9. The average molecular weight is 522 g/mol. The summed E-state index contributed by atoms with van der Waals surface area (Å²) in [6, 6.07) is 5.49. The van der Waals surface area contributed by atoms with Gasteiger partial charge in [0.1, 0.15) is 5.82 Å². The SMILES string of the molecule is CC(C)c1nc(N(C)S(C)(=O)=O)nc(-c2ccc(F)cc2)c1/C=C/C(O)CC(O)CC(=O)O.[KH]. The van der Waals surface area contributed by atoms with Crippen LogP contribution >= 0.6 is 0 Å². The van der Waals surface area contributed by atoms with E-state index in [0.717, 1.165) is 10.6 Å². The second kappa shape index (κ2) is 13.2. The maximum atomic E-state index is 13.5. The number of carboxylic acids is 1. The van der Waals surface area contributed by atoms with E-state index in [1.54, 1.807) is 0 Å². The molecule has 0 aliphatic carbocycles. The molecule has 182 valence electrons. The van der Waals surface area contributed by atoms with Crippen molar-refractivity contribution in [1.29, 1.82) is 0 Å². The number of aliphatic hydroxyl groups is 2. The molecule has 0 fully saturated rings. The number of halogens is 1. The fourth-order valence-electron chi connectivity index (χ4n) is 3.05. The van der Waals surface area contributed by atoms with Crippen molar-refractivity contribution >= 4 is 79.4 Å². The van der Waals surface area contributed by atoms with Crippen molar-refractivity contribution in [2.45, 2.75) is 44.8 Å². The molecule has 0 aliphatic rings. The van der Waals surface area contributed by atoms with E-state index in [9.17, 15) is 27.8 Å². The fourth-order valence-corrected chi connectivity index (χ4v) is 3.42. The summed E-state index contributed by atoms with van der Waals surface area (Å²) in [7, 11) is -2.33. The topological polar surface area (TPSA) is 141 Å². The number of hydrogen-bond donors (Lipinski definition) is 3. The zero-order valence-corrected chi connectivity index (χ0v) is 19.6. The van der Waals surface area contributed by atoms with E-state index < -0.39 is 40.4 Å². The average Bonchev–Trinajstić information content (AvgIpc) is 2.70. The summed E-state index contributed by atoms with van der Waals surface area (Å²) in [5.74, 6) is -1.87. The normalized spacial score (nSPS) is 13.5. The molecular formula is C22H29FKN3O6S. The second-order valence-electron chi connectivity index (χ2n) is 7.98. The van der Waals surface area contributed by atoms with Crippen LogP contribution < -0.4 is 4.31 Å². The van der Waals surface area contributed by atoms with Gasteiger partial charge in [-0.25, -0.2) is 27.1 Å². The van der Waals surface area contributed by atoms with Crippen LogP contribution in [-0.4, -0.2) is 117 Å². The molecule has 9 nitrogen and oxygen atoms in total. The van der Waals surface area contributed by atoms with Gasteiger partial charge in [0.2, 0.25) is 16.0 Å². The van der Waals surface area contributed by atoms with Crippen LogP contribution in [0.1, 0.15) is 43.9 Å². The number of nitrogens with zero attached hydrogens (tertiary/aromatic N) is 3. The molecule has 1 aromatic heterocycles. The molecule has 0 saturated carbocycles. The molecule has 12 heteroatoms. The quantitative estimate of drug-likeness (QED) is 0.402. The van der Waals surface area contributed by atoms with Crippen LogP contribution in [0.3, 0.4) is 0 Å². The van der Waals surface area contributed by atoms with E-state index in [1.807, 2.05) is 13.8 Å². The Morgan fingerprint density at radius 2 is 1.76 bits per heavy atom. The number of carbonyl (C=O) groups is 1. The van der Waals surface area contributed by atoms with Gasteiger partial charge in [-0.05, 0) is 30.2 Å². The predicted molar refractivity (Wildman–Crippen MR) is 130 cm³/mol. The first kappa shape index (κ1) is 30.8. The summed E-state index contributed by atoms with van der Waals surface area (Å²) in [4.78, 5) is 19.6. The van der Waals surface area contributed by atoms with E-state index in [1.165, 1.54) is 43.5 Å². The van der Waals surface area contributed by atoms with Crippen LogP contribution in [0.4, 0.5) is 10.3 Å². The van der Waals surface area contributed by atoms with Crippen LogP contribution in [0, 0.1) is 5.82 Å². The molecule has 34 heavy (non-hydrogen) atoms. The summed E-state index contributed by atoms with van der Waals surface area (Å²) < 4.78 is 38.6. The molecule has 1 aromatic carbocycles. The number of carboxylic acid groups (broad SMARTS) is 1. The molecule has 0 saturated heterocycles. The number of rotatable bonds is 10. The van der Waals surface area contributed by atoms with Crippen molar-refractivity contribution < 1.29 is 32.9 Å². The third-order valence-electron chi connectivity index (χ3n) is 4.82. The fraction of sp³-hybridized carbons (Fsp3) is 0.409. The zero-order valence-electron chi connectivity index (χ0n) is 18.8. The maximum absolute atomic E-state index is 13.5. The molecule has 0 bridgehead atoms. The Kier molecular flexibility index (Phi) is 11.9. The number of aliphatic carboxylic acids is 1. The molecule has 0 aliphatic heterocycles. The van der Waals surface area contributed by atoms with Gasteiger partial charge in [0.15, 0.2) is 0 Å². The summed E-state index contributed by atoms with van der Waals surface area (Å²) in [5, 5.41) is 28.8. The van der Waals surface area contributed by atoms with E-state index in [2.05, 4.69) is 9.97 Å². The van der Waals surface area contributed by atoms with Gasteiger partial charge in [-0.1, -0.05) is 26.0 Å². The number of hydrogen-bond acceptors (Lipinski definition) is 7. The Labute approximate surface area is 241 Å². The minimum atomic E-state index is -3.65. The molecule has 1 heterocycles. The van der Waals surface area contributed by atoms with Crippen LogP contribution in [-0.2, 0) is 14.8 Å². The standard InChI is InChI=1S/C22H28FN3O6S.K.H/c1-13(2)20-18(10-9-16(27)11-17(28)12-19(29)30)21(14-5-7-15(23)8-6-14)25-22(24-20)26(3)33(4,31)32;;/h5-10,13,16-17,27-28H,11-12H2,1-4H3,(H,29,30);;/b10-9+;;. The third-order valence-corrected chi connectivity index (χ3v) is 5.97. The first-order valence-corrected chi connectivity index (χ1v) is 12.0. The summed E-state index contributed by atoms with van der Waals surface area (Å²) in [6.45, 7) is 3.71. The first-order chi connectivity index (χ1) is 15.3. The Balaban J connectivity index is 0.00000578. The van der Waals surface area contributed by atoms with Gasteiger partial charge < -0.3 is 15.3 Å². The van der Waals surface area contributed by atoms with Gasteiger partial charge in [-0.2, -0.15) is 0 Å². The Morgan fingerprint density at radius 1 is 1.18 bits per heavy atom. The summed E-state index contributed by atoms with van der Waals surface area (Å²) >= 11 is 0. The summed E-state index contributed by atoms with van der Waals surface area (Å²) in [5.41, 5.74) is 1.80. The molecule has 0 radical (unpaired) electrons. The van der Waals surface area contributed by atoms with Crippen LogP contribution in [0.15, 0.2) is 30.3 Å².